The Labute approximate surface area is 147 Å². The summed E-state index contributed by atoms with van der Waals surface area (Å²) in [6.07, 6.45) is 1.15. The van der Waals surface area contributed by atoms with Gasteiger partial charge in [-0.05, 0) is 42.8 Å². The van der Waals surface area contributed by atoms with Crippen LogP contribution in [0.25, 0.3) is 0 Å². The molecule has 0 spiro atoms. The second kappa shape index (κ2) is 7.87. The van der Waals surface area contributed by atoms with Crippen LogP contribution in [-0.4, -0.2) is 26.2 Å². The van der Waals surface area contributed by atoms with Crippen LogP contribution >= 0.6 is 0 Å². The summed E-state index contributed by atoms with van der Waals surface area (Å²) < 4.78 is 52.6. The first-order chi connectivity index (χ1) is 12.2. The number of nitro benzene ring substituents is 1. The fourth-order valence-electron chi connectivity index (χ4n) is 1.91. The summed E-state index contributed by atoms with van der Waals surface area (Å²) in [6, 6.07) is 8.80. The topological polar surface area (TPSA) is 111 Å². The van der Waals surface area contributed by atoms with Gasteiger partial charge in [0, 0.05) is 11.6 Å². The summed E-state index contributed by atoms with van der Waals surface area (Å²) in [5.41, 5.74) is 0.416. The maximum atomic E-state index is 12.1. The van der Waals surface area contributed by atoms with Crippen molar-refractivity contribution < 1.29 is 26.9 Å². The summed E-state index contributed by atoms with van der Waals surface area (Å²) in [5.74, 6) is -0.0512. The Hall–Kier alpha value is -3.08. The van der Waals surface area contributed by atoms with Gasteiger partial charge in [0.25, 0.3) is 15.7 Å². The van der Waals surface area contributed by atoms with Crippen LogP contribution in [-0.2, 0) is 10.0 Å². The highest BCUT2D eigenvalue weighted by atomic mass is 32.2. The molecule has 0 radical (unpaired) electrons. The van der Waals surface area contributed by atoms with E-state index in [1.165, 1.54) is 43.3 Å². The fraction of sp³-hybridized carbons (Fsp3) is 0.133. The van der Waals surface area contributed by atoms with Crippen LogP contribution in [0.15, 0.2) is 52.5 Å². The molecule has 0 atom stereocenters. The largest absolute Gasteiger partial charge is 0.435 e. The monoisotopic (exact) mass is 385 g/mol. The van der Waals surface area contributed by atoms with Crippen LogP contribution in [0.5, 0.6) is 5.75 Å². The first-order valence-electron chi connectivity index (χ1n) is 7.04. The molecule has 0 aliphatic rings. The first kappa shape index (κ1) is 19.2. The van der Waals surface area contributed by atoms with E-state index >= 15 is 0 Å². The zero-order chi connectivity index (χ0) is 19.3. The molecule has 26 heavy (non-hydrogen) atoms. The number of benzene rings is 2. The second-order valence-electron chi connectivity index (χ2n) is 5.01. The van der Waals surface area contributed by atoms with Crippen LogP contribution in [0.2, 0.25) is 0 Å². The number of nitro groups is 1. The third kappa shape index (κ3) is 4.96. The number of ether oxygens (including phenoxy) is 1. The minimum absolute atomic E-state index is 0.0512. The summed E-state index contributed by atoms with van der Waals surface area (Å²) in [7, 11) is -4.10. The van der Waals surface area contributed by atoms with Gasteiger partial charge in [-0.25, -0.2) is 4.83 Å². The number of hydrogen-bond donors (Lipinski definition) is 1. The SMILES string of the molecule is Cc1ccc(S(=O)(=O)N/N=C/c2ccc(OC(F)F)cc2)cc1[N+](=O)[O-]. The van der Waals surface area contributed by atoms with Gasteiger partial charge in [0.15, 0.2) is 0 Å². The molecule has 0 saturated carbocycles. The molecule has 8 nitrogen and oxygen atoms in total. The maximum Gasteiger partial charge on any atom is 0.387 e. The smallest absolute Gasteiger partial charge is 0.387 e. The van der Waals surface area contributed by atoms with Crippen LogP contribution in [0, 0.1) is 17.0 Å². The molecule has 0 amide bonds. The van der Waals surface area contributed by atoms with E-state index in [-0.39, 0.29) is 16.3 Å². The van der Waals surface area contributed by atoms with Gasteiger partial charge < -0.3 is 4.74 Å². The summed E-state index contributed by atoms with van der Waals surface area (Å²) >= 11 is 0. The third-order valence-corrected chi connectivity index (χ3v) is 4.40. The first-order valence-corrected chi connectivity index (χ1v) is 8.52. The molecule has 138 valence electrons. The molecule has 0 aliphatic heterocycles. The van der Waals surface area contributed by atoms with E-state index in [1.807, 2.05) is 4.83 Å². The van der Waals surface area contributed by atoms with Crippen molar-refractivity contribution in [3.63, 3.8) is 0 Å². The van der Waals surface area contributed by atoms with E-state index in [2.05, 4.69) is 9.84 Å². The molecule has 0 bridgehead atoms. The molecule has 11 heteroatoms. The molecule has 2 rings (SSSR count). The van der Waals surface area contributed by atoms with Crippen molar-refractivity contribution >= 4 is 21.9 Å². The van der Waals surface area contributed by atoms with Crippen molar-refractivity contribution in [2.75, 3.05) is 0 Å². The summed E-state index contributed by atoms with van der Waals surface area (Å²) in [6.45, 7) is -1.46. The highest BCUT2D eigenvalue weighted by Gasteiger charge is 2.19. The number of sulfonamides is 1. The average molecular weight is 385 g/mol. The lowest BCUT2D eigenvalue weighted by molar-refractivity contribution is -0.385. The van der Waals surface area contributed by atoms with E-state index < -0.39 is 21.6 Å². The number of alkyl halides is 2. The van der Waals surface area contributed by atoms with Crippen LogP contribution < -0.4 is 9.57 Å². The molecular weight excluding hydrogens is 372 g/mol. The highest BCUT2D eigenvalue weighted by Crippen LogP contribution is 2.22. The molecule has 1 N–H and O–H groups in total. The van der Waals surface area contributed by atoms with E-state index in [0.29, 0.717) is 11.1 Å². The minimum Gasteiger partial charge on any atom is -0.435 e. The Kier molecular flexibility index (Phi) is 5.82. The Morgan fingerprint density at radius 3 is 2.46 bits per heavy atom. The van der Waals surface area contributed by atoms with Gasteiger partial charge >= 0.3 is 6.61 Å². The van der Waals surface area contributed by atoms with Crippen LogP contribution in [0.4, 0.5) is 14.5 Å². The fourth-order valence-corrected chi connectivity index (χ4v) is 2.72. The lowest BCUT2D eigenvalue weighted by atomic mass is 10.2. The number of rotatable bonds is 7. The Balaban J connectivity index is 2.11. The van der Waals surface area contributed by atoms with Gasteiger partial charge in [0.2, 0.25) is 0 Å². The quantitative estimate of drug-likeness (QED) is 0.448. The molecule has 2 aromatic rings. The predicted molar refractivity (Wildman–Crippen MR) is 88.8 cm³/mol. The maximum absolute atomic E-state index is 12.1. The molecule has 0 aliphatic carbocycles. The van der Waals surface area contributed by atoms with E-state index in [0.717, 1.165) is 12.3 Å². The van der Waals surface area contributed by atoms with Crippen molar-refractivity contribution in [2.24, 2.45) is 5.10 Å². The zero-order valence-electron chi connectivity index (χ0n) is 13.3. The lowest BCUT2D eigenvalue weighted by Gasteiger charge is -2.05. The van der Waals surface area contributed by atoms with Crippen molar-refractivity contribution in [1.82, 2.24) is 4.83 Å². The Bertz CT molecular complexity index is 931. The number of halogens is 2. The molecule has 2 aromatic carbocycles. The Morgan fingerprint density at radius 2 is 1.88 bits per heavy atom. The number of nitrogens with zero attached hydrogens (tertiary/aromatic N) is 2. The molecule has 0 saturated heterocycles. The van der Waals surface area contributed by atoms with Crippen molar-refractivity contribution in [3.8, 4) is 5.75 Å². The van der Waals surface area contributed by atoms with Crippen LogP contribution in [0.1, 0.15) is 11.1 Å². The summed E-state index contributed by atoms with van der Waals surface area (Å²) in [4.78, 5) is 11.8. The average Bonchev–Trinajstić information content (AvgIpc) is 2.55. The van der Waals surface area contributed by atoms with Gasteiger partial charge in [-0.1, -0.05) is 6.07 Å². The molecular formula is C15H13F2N3O5S. The van der Waals surface area contributed by atoms with Gasteiger partial charge in [-0.3, -0.25) is 10.1 Å². The van der Waals surface area contributed by atoms with Gasteiger partial charge in [0.1, 0.15) is 5.75 Å². The molecule has 0 unspecified atom stereocenters. The third-order valence-electron chi connectivity index (χ3n) is 3.18. The number of hydrogen-bond acceptors (Lipinski definition) is 6. The van der Waals surface area contributed by atoms with Crippen molar-refractivity contribution in [2.45, 2.75) is 18.4 Å². The van der Waals surface area contributed by atoms with Crippen LogP contribution in [0.3, 0.4) is 0 Å². The summed E-state index contributed by atoms with van der Waals surface area (Å²) in [5, 5.41) is 14.5. The van der Waals surface area contributed by atoms with Crippen molar-refractivity contribution in [1.29, 1.82) is 0 Å². The van der Waals surface area contributed by atoms with Gasteiger partial charge in [0.05, 0.1) is 16.0 Å². The highest BCUT2D eigenvalue weighted by molar-refractivity contribution is 7.89. The predicted octanol–water partition coefficient (Wildman–Crippen LogP) is 2.82. The van der Waals surface area contributed by atoms with E-state index in [1.54, 1.807) is 0 Å². The zero-order valence-corrected chi connectivity index (χ0v) is 14.1. The molecule has 0 aromatic heterocycles. The number of nitrogens with one attached hydrogen (secondary N) is 1. The van der Waals surface area contributed by atoms with Gasteiger partial charge in [-0.2, -0.15) is 22.3 Å². The lowest BCUT2D eigenvalue weighted by Crippen LogP contribution is -2.18. The minimum atomic E-state index is -4.10. The number of aryl methyl sites for hydroxylation is 1. The van der Waals surface area contributed by atoms with E-state index in [9.17, 15) is 27.3 Å². The molecule has 0 heterocycles. The van der Waals surface area contributed by atoms with Gasteiger partial charge in [-0.15, -0.1) is 0 Å². The van der Waals surface area contributed by atoms with Crippen molar-refractivity contribution in [3.05, 3.63) is 63.7 Å². The Morgan fingerprint density at radius 1 is 1.23 bits per heavy atom. The normalized spacial score (nSPS) is 11.7. The van der Waals surface area contributed by atoms with E-state index in [4.69, 9.17) is 0 Å². The number of hydrazone groups is 1. The molecule has 0 fully saturated rings. The standard InChI is InChI=1S/C15H13F2N3O5S/c1-10-2-7-13(8-14(10)20(21)22)26(23,24)19-18-9-11-3-5-12(6-4-11)25-15(16)17/h2-9,15,19H,1H3/b18-9+. The second-order valence-corrected chi connectivity index (χ2v) is 6.67.